The predicted octanol–water partition coefficient (Wildman–Crippen LogP) is 2.01. The molecule has 0 aliphatic carbocycles. The largest absolute Gasteiger partial charge is 0.480 e. The maximum absolute atomic E-state index is 12.0. The monoisotopic (exact) mass is 282 g/mol. The van der Waals surface area contributed by atoms with E-state index < -0.39 is 12.0 Å². The third-order valence-corrected chi connectivity index (χ3v) is 3.32. The SMILES string of the molecule is Cc1noc(C)c1C(C)CC(=O)N[C@H](C(=O)O)C(C)C. The maximum atomic E-state index is 12.0. The Labute approximate surface area is 118 Å². The van der Waals surface area contributed by atoms with E-state index in [1.165, 1.54) is 0 Å². The molecule has 0 spiro atoms. The van der Waals surface area contributed by atoms with Gasteiger partial charge in [0, 0.05) is 12.0 Å². The number of nitrogens with one attached hydrogen (secondary N) is 1. The third kappa shape index (κ3) is 3.82. The van der Waals surface area contributed by atoms with Crippen LogP contribution in [0.2, 0.25) is 0 Å². The van der Waals surface area contributed by atoms with E-state index in [2.05, 4.69) is 10.5 Å². The van der Waals surface area contributed by atoms with Crippen LogP contribution in [0.4, 0.5) is 0 Å². The van der Waals surface area contributed by atoms with Crippen molar-refractivity contribution in [1.29, 1.82) is 0 Å². The zero-order valence-electron chi connectivity index (χ0n) is 12.6. The molecule has 1 rings (SSSR count). The van der Waals surface area contributed by atoms with Crippen molar-refractivity contribution in [3.63, 3.8) is 0 Å². The van der Waals surface area contributed by atoms with Crippen molar-refractivity contribution < 1.29 is 19.2 Å². The Kier molecular flexibility index (Phi) is 5.30. The first-order valence-corrected chi connectivity index (χ1v) is 6.69. The lowest BCUT2D eigenvalue weighted by molar-refractivity contribution is -0.143. The fourth-order valence-electron chi connectivity index (χ4n) is 2.32. The molecule has 1 amide bonds. The Morgan fingerprint density at radius 3 is 2.30 bits per heavy atom. The maximum Gasteiger partial charge on any atom is 0.326 e. The molecule has 0 aromatic carbocycles. The molecule has 0 radical (unpaired) electrons. The van der Waals surface area contributed by atoms with Gasteiger partial charge >= 0.3 is 5.97 Å². The van der Waals surface area contributed by atoms with E-state index in [0.717, 1.165) is 11.3 Å². The zero-order valence-corrected chi connectivity index (χ0v) is 12.6. The summed E-state index contributed by atoms with van der Waals surface area (Å²) in [4.78, 5) is 23.0. The van der Waals surface area contributed by atoms with Gasteiger partial charge in [0.15, 0.2) is 0 Å². The molecule has 0 saturated heterocycles. The van der Waals surface area contributed by atoms with E-state index >= 15 is 0 Å². The first-order valence-electron chi connectivity index (χ1n) is 6.69. The van der Waals surface area contributed by atoms with Gasteiger partial charge in [0.2, 0.25) is 5.91 Å². The van der Waals surface area contributed by atoms with Crippen molar-refractivity contribution in [2.75, 3.05) is 0 Å². The van der Waals surface area contributed by atoms with Gasteiger partial charge in [-0.3, -0.25) is 4.79 Å². The number of rotatable bonds is 6. The average Bonchev–Trinajstić information content (AvgIpc) is 2.65. The highest BCUT2D eigenvalue weighted by molar-refractivity contribution is 5.84. The number of aliphatic carboxylic acids is 1. The number of hydrogen-bond acceptors (Lipinski definition) is 4. The van der Waals surface area contributed by atoms with Gasteiger partial charge < -0.3 is 14.9 Å². The van der Waals surface area contributed by atoms with Gasteiger partial charge in [0.05, 0.1) is 5.69 Å². The van der Waals surface area contributed by atoms with Crippen molar-refractivity contribution in [3.05, 3.63) is 17.0 Å². The molecule has 6 nitrogen and oxygen atoms in total. The lowest BCUT2D eigenvalue weighted by Crippen LogP contribution is -2.44. The second-order valence-corrected chi connectivity index (χ2v) is 5.47. The summed E-state index contributed by atoms with van der Waals surface area (Å²) in [5, 5.41) is 15.5. The Morgan fingerprint density at radius 2 is 1.90 bits per heavy atom. The number of carboxylic acid groups (broad SMARTS) is 1. The molecule has 6 heteroatoms. The number of aromatic nitrogens is 1. The van der Waals surface area contributed by atoms with Crippen LogP contribution < -0.4 is 5.32 Å². The number of amides is 1. The Hall–Kier alpha value is -1.85. The van der Waals surface area contributed by atoms with E-state index in [1.807, 2.05) is 13.8 Å². The van der Waals surface area contributed by atoms with Gasteiger partial charge in [-0.15, -0.1) is 0 Å². The third-order valence-electron chi connectivity index (χ3n) is 3.32. The van der Waals surface area contributed by atoms with Crippen LogP contribution in [0, 0.1) is 19.8 Å². The highest BCUT2D eigenvalue weighted by atomic mass is 16.5. The van der Waals surface area contributed by atoms with Gasteiger partial charge in [-0.1, -0.05) is 25.9 Å². The van der Waals surface area contributed by atoms with Gasteiger partial charge in [0.25, 0.3) is 0 Å². The number of nitrogens with zero attached hydrogens (tertiary/aromatic N) is 1. The molecule has 1 unspecified atom stereocenters. The molecule has 0 bridgehead atoms. The minimum Gasteiger partial charge on any atom is -0.480 e. The average molecular weight is 282 g/mol. The summed E-state index contributed by atoms with van der Waals surface area (Å²) in [5.74, 6) is -0.827. The van der Waals surface area contributed by atoms with Crippen molar-refractivity contribution in [3.8, 4) is 0 Å². The summed E-state index contributed by atoms with van der Waals surface area (Å²) in [6, 6.07) is -0.862. The molecule has 112 valence electrons. The van der Waals surface area contributed by atoms with Crippen molar-refractivity contribution in [2.24, 2.45) is 5.92 Å². The van der Waals surface area contributed by atoms with Gasteiger partial charge in [-0.05, 0) is 25.7 Å². The highest BCUT2D eigenvalue weighted by Gasteiger charge is 2.25. The molecular formula is C14H22N2O4. The van der Waals surface area contributed by atoms with E-state index in [0.29, 0.717) is 5.76 Å². The lowest BCUT2D eigenvalue weighted by Gasteiger charge is -2.19. The van der Waals surface area contributed by atoms with Gasteiger partial charge in [-0.25, -0.2) is 4.79 Å². The van der Waals surface area contributed by atoms with E-state index in [4.69, 9.17) is 9.63 Å². The van der Waals surface area contributed by atoms with Crippen LogP contribution in [-0.4, -0.2) is 28.2 Å². The zero-order chi connectivity index (χ0) is 15.4. The number of carbonyl (C=O) groups is 2. The van der Waals surface area contributed by atoms with E-state index in [-0.39, 0.29) is 24.2 Å². The number of hydrogen-bond donors (Lipinski definition) is 2. The molecule has 2 atom stereocenters. The molecule has 2 N–H and O–H groups in total. The topological polar surface area (TPSA) is 92.4 Å². The molecule has 0 aliphatic heterocycles. The number of aryl methyl sites for hydroxylation is 2. The standard InChI is InChI=1S/C14H22N2O4/c1-7(2)13(14(18)19)15-11(17)6-8(3)12-9(4)16-20-10(12)5/h7-8,13H,6H2,1-5H3,(H,15,17)(H,18,19)/t8?,13-/m0/s1. The molecule has 0 aliphatic rings. The van der Waals surface area contributed by atoms with Gasteiger partial charge in [0.1, 0.15) is 11.8 Å². The fourth-order valence-corrected chi connectivity index (χ4v) is 2.32. The van der Waals surface area contributed by atoms with Crippen LogP contribution >= 0.6 is 0 Å². The fraction of sp³-hybridized carbons (Fsp3) is 0.643. The Morgan fingerprint density at radius 1 is 1.30 bits per heavy atom. The van der Waals surface area contributed by atoms with Crippen LogP contribution in [0.5, 0.6) is 0 Å². The summed E-state index contributed by atoms with van der Waals surface area (Å²) in [5.41, 5.74) is 1.68. The molecule has 0 fully saturated rings. The normalized spacial score (nSPS) is 14.1. The van der Waals surface area contributed by atoms with Crippen LogP contribution in [0.3, 0.4) is 0 Å². The molecule has 0 saturated carbocycles. The molecule has 1 heterocycles. The van der Waals surface area contributed by atoms with Crippen LogP contribution in [-0.2, 0) is 9.59 Å². The quantitative estimate of drug-likeness (QED) is 0.832. The van der Waals surface area contributed by atoms with E-state index in [9.17, 15) is 9.59 Å². The molecule has 1 aromatic heterocycles. The molecule has 1 aromatic rings. The van der Waals surface area contributed by atoms with Crippen molar-refractivity contribution in [1.82, 2.24) is 10.5 Å². The van der Waals surface area contributed by atoms with E-state index in [1.54, 1.807) is 20.8 Å². The smallest absolute Gasteiger partial charge is 0.326 e. The van der Waals surface area contributed by atoms with Crippen molar-refractivity contribution >= 4 is 11.9 Å². The second kappa shape index (κ2) is 6.54. The summed E-state index contributed by atoms with van der Waals surface area (Å²) in [6.45, 7) is 9.05. The predicted molar refractivity (Wildman–Crippen MR) is 73.4 cm³/mol. The Balaban J connectivity index is 2.69. The van der Waals surface area contributed by atoms with Gasteiger partial charge in [-0.2, -0.15) is 0 Å². The second-order valence-electron chi connectivity index (χ2n) is 5.47. The minimum absolute atomic E-state index is 0.0668. The Bertz CT molecular complexity index is 474. The van der Waals surface area contributed by atoms with Crippen LogP contribution in [0.15, 0.2) is 4.52 Å². The summed E-state index contributed by atoms with van der Waals surface area (Å²) in [6.07, 6.45) is 0.208. The molecular weight excluding hydrogens is 260 g/mol. The summed E-state index contributed by atoms with van der Waals surface area (Å²) >= 11 is 0. The first-order chi connectivity index (χ1) is 9.23. The van der Waals surface area contributed by atoms with Crippen molar-refractivity contribution in [2.45, 2.75) is 53.0 Å². The number of carbonyl (C=O) groups excluding carboxylic acids is 1. The van der Waals surface area contributed by atoms with Crippen LogP contribution in [0.1, 0.15) is 50.1 Å². The molecule has 20 heavy (non-hydrogen) atoms. The minimum atomic E-state index is -1.02. The lowest BCUT2D eigenvalue weighted by atomic mass is 9.95. The summed E-state index contributed by atoms with van der Waals surface area (Å²) in [7, 11) is 0. The summed E-state index contributed by atoms with van der Waals surface area (Å²) < 4.78 is 5.08. The van der Waals surface area contributed by atoms with Crippen LogP contribution in [0.25, 0.3) is 0 Å². The highest BCUT2D eigenvalue weighted by Crippen LogP contribution is 2.25. The first kappa shape index (κ1) is 16.2. The number of carboxylic acids is 1.